The van der Waals surface area contributed by atoms with E-state index in [-0.39, 0.29) is 0 Å². The number of rotatable bonds is 6. The highest BCUT2D eigenvalue weighted by atomic mass is 79.9. The van der Waals surface area contributed by atoms with E-state index in [1.807, 2.05) is 60.7 Å². The van der Waals surface area contributed by atoms with Gasteiger partial charge in [0, 0.05) is 10.0 Å². The molecule has 0 spiro atoms. The number of hydrogen-bond donors (Lipinski definition) is 2. The molecule has 0 fully saturated rings. The van der Waals surface area contributed by atoms with E-state index in [4.69, 9.17) is 9.84 Å². The highest BCUT2D eigenvalue weighted by molar-refractivity contribution is 9.10. The molecule has 0 atom stereocenters. The van der Waals surface area contributed by atoms with Crippen LogP contribution in [0.25, 0.3) is 10.8 Å². The second-order valence-electron chi connectivity index (χ2n) is 5.57. The first-order valence-electron chi connectivity index (χ1n) is 7.99. The highest BCUT2D eigenvalue weighted by Crippen LogP contribution is 2.27. The third-order valence-electron chi connectivity index (χ3n) is 3.74. The van der Waals surface area contributed by atoms with Crippen molar-refractivity contribution in [3.63, 3.8) is 0 Å². The van der Waals surface area contributed by atoms with E-state index in [2.05, 4.69) is 26.5 Å². The molecule has 132 valence electrons. The second-order valence-corrected chi connectivity index (χ2v) is 6.48. The summed E-state index contributed by atoms with van der Waals surface area (Å²) in [4.78, 5) is 11.2. The molecule has 3 aromatic rings. The number of carbonyl (C=O) groups is 1. The average Bonchev–Trinajstić information content (AvgIpc) is 2.67. The van der Waals surface area contributed by atoms with E-state index in [1.54, 1.807) is 0 Å². The lowest BCUT2D eigenvalue weighted by atomic mass is 10.0. The van der Waals surface area contributed by atoms with E-state index in [9.17, 15) is 4.79 Å². The van der Waals surface area contributed by atoms with Crippen LogP contribution in [0.4, 0.5) is 0 Å². The van der Waals surface area contributed by atoms with Crippen molar-refractivity contribution in [1.29, 1.82) is 0 Å². The molecule has 5 nitrogen and oxygen atoms in total. The maximum atomic E-state index is 11.2. The van der Waals surface area contributed by atoms with E-state index in [0.29, 0.717) is 12.4 Å². The number of fused-ring (bicyclic) bond motifs is 1. The fourth-order valence-electron chi connectivity index (χ4n) is 2.53. The van der Waals surface area contributed by atoms with Crippen LogP contribution in [0.5, 0.6) is 5.75 Å². The second kappa shape index (κ2) is 8.60. The van der Waals surface area contributed by atoms with E-state index in [1.165, 1.54) is 6.21 Å². The molecule has 0 saturated heterocycles. The van der Waals surface area contributed by atoms with Crippen LogP contribution in [0.15, 0.2) is 70.2 Å². The summed E-state index contributed by atoms with van der Waals surface area (Å²) in [6, 6.07) is 19.6. The Labute approximate surface area is 159 Å². The van der Waals surface area contributed by atoms with Crippen molar-refractivity contribution in [2.75, 3.05) is 6.61 Å². The molecule has 6 heteroatoms. The molecule has 0 heterocycles. The molecule has 0 unspecified atom stereocenters. The molecule has 0 saturated carbocycles. The quantitative estimate of drug-likeness (QED) is 0.479. The van der Waals surface area contributed by atoms with Crippen LogP contribution < -0.4 is 10.2 Å². The van der Waals surface area contributed by atoms with Crippen molar-refractivity contribution >= 4 is 38.8 Å². The Morgan fingerprint density at radius 2 is 2.00 bits per heavy atom. The Morgan fingerprint density at radius 3 is 2.81 bits per heavy atom. The molecule has 1 amide bonds. The van der Waals surface area contributed by atoms with Gasteiger partial charge >= 0.3 is 0 Å². The summed E-state index contributed by atoms with van der Waals surface area (Å²) in [6.07, 6.45) is 1.53. The van der Waals surface area contributed by atoms with Crippen molar-refractivity contribution in [2.45, 2.75) is 6.61 Å². The number of carbonyl (C=O) groups excluding carboxylic acids is 1. The molecule has 2 N–H and O–H groups in total. The van der Waals surface area contributed by atoms with Gasteiger partial charge in [-0.05, 0) is 34.5 Å². The van der Waals surface area contributed by atoms with Crippen LogP contribution in [0.1, 0.15) is 11.1 Å². The molecular formula is C20H17BrN2O3. The fraction of sp³-hybridized carbons (Fsp3) is 0.100. The number of hydrazone groups is 1. The van der Waals surface area contributed by atoms with Gasteiger partial charge in [-0.2, -0.15) is 5.10 Å². The monoisotopic (exact) mass is 412 g/mol. The normalized spacial score (nSPS) is 11.0. The maximum Gasteiger partial charge on any atom is 0.265 e. The topological polar surface area (TPSA) is 70.9 Å². The molecule has 0 aliphatic rings. The predicted molar refractivity (Wildman–Crippen MR) is 105 cm³/mol. The number of nitrogens with zero attached hydrogens (tertiary/aromatic N) is 1. The largest absolute Gasteiger partial charge is 0.488 e. The molecule has 26 heavy (non-hydrogen) atoms. The molecular weight excluding hydrogens is 396 g/mol. The Bertz CT molecular complexity index is 957. The summed E-state index contributed by atoms with van der Waals surface area (Å²) in [5.74, 6) is 0.0868. The van der Waals surface area contributed by atoms with E-state index in [0.717, 1.165) is 26.4 Å². The van der Waals surface area contributed by atoms with Crippen LogP contribution in [-0.2, 0) is 11.4 Å². The lowest BCUT2D eigenvalue weighted by molar-refractivity contribution is -0.123. The van der Waals surface area contributed by atoms with Gasteiger partial charge in [-0.1, -0.05) is 58.4 Å². The standard InChI is InChI=1S/C20H17BrN2O3/c21-16-6-3-4-14(10-16)13-26-19-9-8-15-5-1-2-7-17(15)18(19)11-22-23-20(25)12-24/h1-11,24H,12-13H2,(H,23,25)/b22-11+. The number of ether oxygens (including phenoxy) is 1. The third-order valence-corrected chi connectivity index (χ3v) is 4.23. The molecule has 0 aliphatic carbocycles. The Hall–Kier alpha value is -2.70. The number of amides is 1. The van der Waals surface area contributed by atoms with E-state index >= 15 is 0 Å². The van der Waals surface area contributed by atoms with Crippen molar-refractivity contribution < 1.29 is 14.6 Å². The van der Waals surface area contributed by atoms with Gasteiger partial charge in [0.05, 0.1) is 6.21 Å². The SMILES string of the molecule is O=C(CO)N/N=C/c1c(OCc2cccc(Br)c2)ccc2ccccc12. The Balaban J connectivity index is 1.90. The Morgan fingerprint density at radius 1 is 1.15 bits per heavy atom. The minimum atomic E-state index is -0.612. The van der Waals surface area contributed by atoms with Crippen LogP contribution in [0, 0.1) is 0 Å². The summed E-state index contributed by atoms with van der Waals surface area (Å²) in [5, 5.41) is 14.7. The fourth-order valence-corrected chi connectivity index (χ4v) is 2.97. The van der Waals surface area contributed by atoms with Crippen molar-refractivity contribution in [3.05, 3.63) is 76.3 Å². The molecule has 0 aliphatic heterocycles. The number of aliphatic hydroxyl groups is 1. The smallest absolute Gasteiger partial charge is 0.265 e. The molecule has 0 bridgehead atoms. The predicted octanol–water partition coefficient (Wildman–Crippen LogP) is 3.62. The maximum absolute atomic E-state index is 11.2. The summed E-state index contributed by atoms with van der Waals surface area (Å²) in [5.41, 5.74) is 4.06. The van der Waals surface area contributed by atoms with Gasteiger partial charge in [0.1, 0.15) is 19.0 Å². The molecule has 0 radical (unpaired) electrons. The first-order valence-corrected chi connectivity index (χ1v) is 8.78. The minimum absolute atomic E-state index is 0.404. The number of hydrogen-bond acceptors (Lipinski definition) is 4. The van der Waals surface area contributed by atoms with Crippen LogP contribution in [0.3, 0.4) is 0 Å². The summed E-state index contributed by atoms with van der Waals surface area (Å²) >= 11 is 3.45. The van der Waals surface area contributed by atoms with Crippen LogP contribution in [-0.4, -0.2) is 23.8 Å². The van der Waals surface area contributed by atoms with Crippen LogP contribution >= 0.6 is 15.9 Å². The first kappa shape index (κ1) is 18.1. The van der Waals surface area contributed by atoms with Gasteiger partial charge in [-0.3, -0.25) is 4.79 Å². The van der Waals surface area contributed by atoms with Gasteiger partial charge in [-0.15, -0.1) is 0 Å². The highest BCUT2D eigenvalue weighted by Gasteiger charge is 2.08. The summed E-state index contributed by atoms with van der Waals surface area (Å²) in [6.45, 7) is -0.208. The lowest BCUT2D eigenvalue weighted by Gasteiger charge is -2.12. The first-order chi connectivity index (χ1) is 12.7. The molecule has 0 aromatic heterocycles. The third kappa shape index (κ3) is 4.47. The number of aliphatic hydroxyl groups excluding tert-OH is 1. The van der Waals surface area contributed by atoms with Crippen molar-refractivity contribution in [1.82, 2.24) is 5.43 Å². The summed E-state index contributed by atoms with van der Waals surface area (Å²) < 4.78 is 6.99. The minimum Gasteiger partial charge on any atom is -0.488 e. The van der Waals surface area contributed by atoms with Crippen molar-refractivity contribution in [2.24, 2.45) is 5.10 Å². The molecule has 3 aromatic carbocycles. The van der Waals surface area contributed by atoms with Gasteiger partial charge < -0.3 is 9.84 Å². The van der Waals surface area contributed by atoms with Gasteiger partial charge in [0.15, 0.2) is 0 Å². The van der Waals surface area contributed by atoms with E-state index < -0.39 is 12.5 Å². The van der Waals surface area contributed by atoms with Crippen LogP contribution in [0.2, 0.25) is 0 Å². The molecule has 3 rings (SSSR count). The summed E-state index contributed by atoms with van der Waals surface area (Å²) in [7, 11) is 0. The lowest BCUT2D eigenvalue weighted by Crippen LogP contribution is -2.20. The zero-order valence-electron chi connectivity index (χ0n) is 13.9. The number of benzene rings is 3. The average molecular weight is 413 g/mol. The number of halogens is 1. The Kier molecular flexibility index (Phi) is 5.99. The zero-order valence-corrected chi connectivity index (χ0v) is 15.4. The zero-order chi connectivity index (χ0) is 18.4. The van der Waals surface area contributed by atoms with Crippen molar-refractivity contribution in [3.8, 4) is 5.75 Å². The number of nitrogens with one attached hydrogen (secondary N) is 1. The van der Waals surface area contributed by atoms with Gasteiger partial charge in [-0.25, -0.2) is 5.43 Å². The van der Waals surface area contributed by atoms with Gasteiger partial charge in [0.2, 0.25) is 0 Å². The van der Waals surface area contributed by atoms with Gasteiger partial charge in [0.25, 0.3) is 5.91 Å².